The first-order chi connectivity index (χ1) is 8.06. The largest absolute Gasteiger partial charge is 0.487 e. The van der Waals surface area contributed by atoms with Crippen molar-refractivity contribution in [1.29, 1.82) is 0 Å². The zero-order valence-electron chi connectivity index (χ0n) is 8.41. The van der Waals surface area contributed by atoms with Gasteiger partial charge in [0.2, 0.25) is 0 Å². The van der Waals surface area contributed by atoms with Gasteiger partial charge in [-0.2, -0.15) is 0 Å². The molecule has 2 N–H and O–H groups in total. The third kappa shape index (κ3) is 3.08. The molecule has 1 aromatic heterocycles. The van der Waals surface area contributed by atoms with E-state index in [0.717, 1.165) is 4.88 Å². The van der Waals surface area contributed by atoms with Crippen LogP contribution in [-0.2, 0) is 6.61 Å². The quantitative estimate of drug-likeness (QED) is 0.865. The molecule has 17 heavy (non-hydrogen) atoms. The minimum absolute atomic E-state index is 0.0475. The lowest BCUT2D eigenvalue weighted by molar-refractivity contribution is 0.306. The molecule has 1 heterocycles. The topological polar surface area (TPSA) is 48.1 Å². The zero-order chi connectivity index (χ0) is 12.4. The first kappa shape index (κ1) is 12.6. The van der Waals surface area contributed by atoms with Crippen molar-refractivity contribution in [3.63, 3.8) is 0 Å². The summed E-state index contributed by atoms with van der Waals surface area (Å²) >= 11 is 10.2. The first-order valence-electron chi connectivity index (χ1n) is 4.54. The van der Waals surface area contributed by atoms with Crippen molar-refractivity contribution in [2.24, 2.45) is 0 Å². The lowest BCUT2D eigenvalue weighted by Gasteiger charge is -2.07. The molecule has 0 aliphatic rings. The normalized spacial score (nSPS) is 10.5. The van der Waals surface area contributed by atoms with Crippen LogP contribution in [0.5, 0.6) is 5.75 Å². The molecule has 90 valence electrons. The van der Waals surface area contributed by atoms with E-state index in [0.29, 0.717) is 15.4 Å². The first-order valence-corrected chi connectivity index (χ1v) is 6.52. The summed E-state index contributed by atoms with van der Waals surface area (Å²) in [6.45, 7) is 0.286. The number of hydrogen-bond donors (Lipinski definition) is 1. The maximum Gasteiger partial charge on any atom is 0.180 e. The predicted molar refractivity (Wildman–Crippen MR) is 70.0 cm³/mol. The Bertz CT molecular complexity index is 549. The fourth-order valence-corrected chi connectivity index (χ4v) is 2.50. The molecule has 7 heteroatoms. The molecule has 0 spiro atoms. The van der Waals surface area contributed by atoms with E-state index < -0.39 is 5.82 Å². The standard InChI is InChI=1S/C10H7BrClFN2OS/c11-6-1-7(12)8(13)2-9(6)16-4-5-3-15-10(14)17-5/h1-3H,4H2,(H2,14,15). The van der Waals surface area contributed by atoms with Gasteiger partial charge < -0.3 is 10.5 Å². The van der Waals surface area contributed by atoms with Gasteiger partial charge in [-0.1, -0.05) is 22.9 Å². The third-order valence-corrected chi connectivity index (χ3v) is 3.63. The van der Waals surface area contributed by atoms with E-state index >= 15 is 0 Å². The second-order valence-corrected chi connectivity index (χ2v) is 5.56. The molecule has 0 aliphatic carbocycles. The molecule has 0 bridgehead atoms. The Hall–Kier alpha value is -0.850. The molecule has 0 fully saturated rings. The van der Waals surface area contributed by atoms with Crippen LogP contribution >= 0.6 is 38.9 Å². The lowest BCUT2D eigenvalue weighted by Crippen LogP contribution is -1.94. The summed E-state index contributed by atoms with van der Waals surface area (Å²) in [4.78, 5) is 4.76. The summed E-state index contributed by atoms with van der Waals surface area (Å²) < 4.78 is 19.3. The van der Waals surface area contributed by atoms with Gasteiger partial charge >= 0.3 is 0 Å². The van der Waals surface area contributed by atoms with E-state index in [-0.39, 0.29) is 11.6 Å². The van der Waals surface area contributed by atoms with Gasteiger partial charge in [0.1, 0.15) is 18.2 Å². The van der Waals surface area contributed by atoms with Crippen molar-refractivity contribution in [2.45, 2.75) is 6.61 Å². The van der Waals surface area contributed by atoms with E-state index in [1.807, 2.05) is 0 Å². The smallest absolute Gasteiger partial charge is 0.180 e. The van der Waals surface area contributed by atoms with Crippen LogP contribution in [0.15, 0.2) is 22.8 Å². The molecule has 0 aliphatic heterocycles. The zero-order valence-corrected chi connectivity index (χ0v) is 11.6. The van der Waals surface area contributed by atoms with Crippen LogP contribution in [0, 0.1) is 5.82 Å². The minimum atomic E-state index is -0.520. The summed E-state index contributed by atoms with van der Waals surface area (Å²) in [5, 5.41) is 0.524. The van der Waals surface area contributed by atoms with Crippen LogP contribution in [0.4, 0.5) is 9.52 Å². The second kappa shape index (κ2) is 5.20. The van der Waals surface area contributed by atoms with Crippen LogP contribution in [0.2, 0.25) is 5.02 Å². The summed E-state index contributed by atoms with van der Waals surface area (Å²) in [5.41, 5.74) is 5.49. The molecule has 0 saturated heterocycles. The number of benzene rings is 1. The van der Waals surface area contributed by atoms with E-state index in [1.165, 1.54) is 23.5 Å². The molecule has 3 nitrogen and oxygen atoms in total. The van der Waals surface area contributed by atoms with Gasteiger partial charge in [0.15, 0.2) is 5.13 Å². The number of ether oxygens (including phenoxy) is 1. The summed E-state index contributed by atoms with van der Waals surface area (Å²) in [5.74, 6) is -0.132. The Morgan fingerprint density at radius 2 is 2.29 bits per heavy atom. The number of nitrogens with two attached hydrogens (primary N) is 1. The van der Waals surface area contributed by atoms with Crippen molar-refractivity contribution in [3.05, 3.63) is 38.5 Å². The Morgan fingerprint density at radius 1 is 1.53 bits per heavy atom. The SMILES string of the molecule is Nc1ncc(COc2cc(F)c(Cl)cc2Br)s1. The molecular weight excluding hydrogens is 331 g/mol. The summed E-state index contributed by atoms with van der Waals surface area (Å²) in [6, 6.07) is 2.68. The Morgan fingerprint density at radius 3 is 2.94 bits per heavy atom. The number of halogens is 3. The monoisotopic (exact) mass is 336 g/mol. The van der Waals surface area contributed by atoms with E-state index in [1.54, 1.807) is 6.20 Å². The number of nitrogen functional groups attached to an aromatic ring is 1. The maximum absolute atomic E-state index is 13.2. The van der Waals surface area contributed by atoms with Gasteiger partial charge in [-0.25, -0.2) is 9.37 Å². The van der Waals surface area contributed by atoms with Crippen molar-refractivity contribution in [3.8, 4) is 5.75 Å². The van der Waals surface area contributed by atoms with Gasteiger partial charge in [0, 0.05) is 12.3 Å². The fourth-order valence-electron chi connectivity index (χ4n) is 1.15. The number of rotatable bonds is 3. The molecular formula is C10H7BrClFN2OS. The highest BCUT2D eigenvalue weighted by Crippen LogP contribution is 2.31. The number of nitrogens with zero attached hydrogens (tertiary/aromatic N) is 1. The second-order valence-electron chi connectivity index (χ2n) is 3.15. The number of anilines is 1. The highest BCUT2D eigenvalue weighted by Gasteiger charge is 2.08. The molecule has 0 atom stereocenters. The fraction of sp³-hybridized carbons (Fsp3) is 0.100. The average Bonchev–Trinajstić information content (AvgIpc) is 2.68. The van der Waals surface area contributed by atoms with Gasteiger partial charge in [-0.15, -0.1) is 0 Å². The van der Waals surface area contributed by atoms with Crippen molar-refractivity contribution in [2.75, 3.05) is 5.73 Å². The summed E-state index contributed by atoms with van der Waals surface area (Å²) in [7, 11) is 0. The minimum Gasteiger partial charge on any atom is -0.487 e. The third-order valence-electron chi connectivity index (χ3n) is 1.92. The molecule has 2 rings (SSSR count). The van der Waals surface area contributed by atoms with Crippen LogP contribution in [-0.4, -0.2) is 4.98 Å². The van der Waals surface area contributed by atoms with E-state index in [9.17, 15) is 4.39 Å². The van der Waals surface area contributed by atoms with E-state index in [4.69, 9.17) is 22.1 Å². The molecule has 0 radical (unpaired) electrons. The molecule has 0 saturated carbocycles. The predicted octanol–water partition coefficient (Wildman–Crippen LogP) is 3.86. The highest BCUT2D eigenvalue weighted by molar-refractivity contribution is 9.10. The number of thiazole rings is 1. The summed E-state index contributed by atoms with van der Waals surface area (Å²) in [6.07, 6.45) is 1.63. The van der Waals surface area contributed by atoms with Gasteiger partial charge in [0.05, 0.1) is 14.4 Å². The van der Waals surface area contributed by atoms with Crippen LogP contribution in [0.25, 0.3) is 0 Å². The van der Waals surface area contributed by atoms with Gasteiger partial charge in [-0.3, -0.25) is 0 Å². The lowest BCUT2D eigenvalue weighted by atomic mass is 10.3. The Labute approximate surface area is 115 Å². The molecule has 0 amide bonds. The van der Waals surface area contributed by atoms with E-state index in [2.05, 4.69) is 20.9 Å². The Kier molecular flexibility index (Phi) is 3.86. The van der Waals surface area contributed by atoms with Crippen LogP contribution < -0.4 is 10.5 Å². The number of aromatic nitrogens is 1. The average molecular weight is 338 g/mol. The maximum atomic E-state index is 13.2. The highest BCUT2D eigenvalue weighted by atomic mass is 79.9. The van der Waals surface area contributed by atoms with Crippen LogP contribution in [0.1, 0.15) is 4.88 Å². The van der Waals surface area contributed by atoms with Crippen molar-refractivity contribution >= 4 is 44.0 Å². The molecule has 2 aromatic rings. The molecule has 0 unspecified atom stereocenters. The Balaban J connectivity index is 2.11. The molecule has 1 aromatic carbocycles. The van der Waals surface area contributed by atoms with Gasteiger partial charge in [-0.05, 0) is 22.0 Å². The number of hydrogen-bond acceptors (Lipinski definition) is 4. The van der Waals surface area contributed by atoms with Crippen molar-refractivity contribution < 1.29 is 9.13 Å². The van der Waals surface area contributed by atoms with Crippen LogP contribution in [0.3, 0.4) is 0 Å². The van der Waals surface area contributed by atoms with Gasteiger partial charge in [0.25, 0.3) is 0 Å². The van der Waals surface area contributed by atoms with Crippen molar-refractivity contribution in [1.82, 2.24) is 4.98 Å².